The Morgan fingerprint density at radius 1 is 1.25 bits per heavy atom. The largest absolute Gasteiger partial charge is 0.508 e. The zero-order chi connectivity index (χ0) is 15.5. The molecular formula is C15H21NO4. The van der Waals surface area contributed by atoms with E-state index in [1.165, 1.54) is 11.0 Å². The Bertz CT molecular complexity index is 517. The average molecular weight is 279 g/mol. The molecule has 1 aromatic carbocycles. The Morgan fingerprint density at radius 3 is 2.35 bits per heavy atom. The van der Waals surface area contributed by atoms with Crippen molar-refractivity contribution < 1.29 is 19.8 Å². The maximum Gasteiger partial charge on any atom is 0.305 e. The SMILES string of the molecule is Cc1c(O)cccc1C(=O)N(CCC(=O)O)C(C)(C)C. The normalized spacial score (nSPS) is 11.2. The van der Waals surface area contributed by atoms with Gasteiger partial charge >= 0.3 is 5.97 Å². The molecule has 0 saturated carbocycles. The second kappa shape index (κ2) is 5.94. The first-order chi connectivity index (χ1) is 9.14. The minimum Gasteiger partial charge on any atom is -0.508 e. The van der Waals surface area contributed by atoms with E-state index < -0.39 is 11.5 Å². The van der Waals surface area contributed by atoms with E-state index in [1.54, 1.807) is 19.1 Å². The van der Waals surface area contributed by atoms with Crippen LogP contribution in [0.5, 0.6) is 5.75 Å². The maximum absolute atomic E-state index is 12.6. The number of phenols is 1. The van der Waals surface area contributed by atoms with Gasteiger partial charge in [-0.3, -0.25) is 9.59 Å². The van der Waals surface area contributed by atoms with Crippen molar-refractivity contribution in [3.63, 3.8) is 0 Å². The van der Waals surface area contributed by atoms with Crippen LogP contribution in [0.2, 0.25) is 0 Å². The third-order valence-electron chi connectivity index (χ3n) is 3.14. The molecular weight excluding hydrogens is 258 g/mol. The van der Waals surface area contributed by atoms with E-state index in [0.29, 0.717) is 11.1 Å². The van der Waals surface area contributed by atoms with Gasteiger partial charge in [0.15, 0.2) is 0 Å². The van der Waals surface area contributed by atoms with Crippen LogP contribution in [0.4, 0.5) is 0 Å². The number of carboxylic acids is 1. The van der Waals surface area contributed by atoms with Gasteiger partial charge in [-0.15, -0.1) is 0 Å². The quantitative estimate of drug-likeness (QED) is 0.887. The van der Waals surface area contributed by atoms with E-state index in [1.807, 2.05) is 20.8 Å². The van der Waals surface area contributed by atoms with E-state index in [9.17, 15) is 14.7 Å². The predicted octanol–water partition coefficient (Wildman–Crippen LogP) is 2.42. The number of amides is 1. The highest BCUT2D eigenvalue weighted by Gasteiger charge is 2.28. The molecule has 20 heavy (non-hydrogen) atoms. The molecule has 110 valence electrons. The Balaban J connectivity index is 3.10. The highest BCUT2D eigenvalue weighted by molar-refractivity contribution is 5.96. The zero-order valence-electron chi connectivity index (χ0n) is 12.3. The number of carboxylic acid groups (broad SMARTS) is 1. The van der Waals surface area contributed by atoms with Crippen LogP contribution in [-0.2, 0) is 4.79 Å². The fourth-order valence-electron chi connectivity index (χ4n) is 1.95. The number of nitrogens with zero attached hydrogens (tertiary/aromatic N) is 1. The number of hydrogen-bond donors (Lipinski definition) is 2. The zero-order valence-corrected chi connectivity index (χ0v) is 12.3. The van der Waals surface area contributed by atoms with Crippen LogP contribution >= 0.6 is 0 Å². The van der Waals surface area contributed by atoms with E-state index in [2.05, 4.69) is 0 Å². The molecule has 0 spiro atoms. The molecule has 5 nitrogen and oxygen atoms in total. The fourth-order valence-corrected chi connectivity index (χ4v) is 1.95. The highest BCUT2D eigenvalue weighted by atomic mass is 16.4. The first kappa shape index (κ1) is 16.0. The summed E-state index contributed by atoms with van der Waals surface area (Å²) in [6.45, 7) is 7.36. The first-order valence-corrected chi connectivity index (χ1v) is 6.47. The number of aromatic hydroxyl groups is 1. The molecule has 1 rings (SSSR count). The molecule has 0 aliphatic rings. The van der Waals surface area contributed by atoms with Gasteiger partial charge in [-0.1, -0.05) is 6.07 Å². The molecule has 0 unspecified atom stereocenters. The molecule has 0 atom stereocenters. The van der Waals surface area contributed by atoms with Gasteiger partial charge in [0, 0.05) is 23.2 Å². The minimum atomic E-state index is -0.945. The molecule has 1 amide bonds. The number of benzene rings is 1. The van der Waals surface area contributed by atoms with Crippen LogP contribution < -0.4 is 0 Å². The maximum atomic E-state index is 12.6. The van der Waals surface area contributed by atoms with Gasteiger partial charge in [-0.25, -0.2) is 0 Å². The van der Waals surface area contributed by atoms with Crippen LogP contribution in [0.15, 0.2) is 18.2 Å². The van der Waals surface area contributed by atoms with Gasteiger partial charge in [-0.2, -0.15) is 0 Å². The summed E-state index contributed by atoms with van der Waals surface area (Å²) in [6, 6.07) is 4.76. The van der Waals surface area contributed by atoms with Crippen LogP contribution in [0.3, 0.4) is 0 Å². The number of hydrogen-bond acceptors (Lipinski definition) is 3. The number of carbonyl (C=O) groups is 2. The number of rotatable bonds is 4. The lowest BCUT2D eigenvalue weighted by Gasteiger charge is -2.36. The topological polar surface area (TPSA) is 77.8 Å². The lowest BCUT2D eigenvalue weighted by atomic mass is 10.0. The van der Waals surface area contributed by atoms with Crippen LogP contribution in [0, 0.1) is 6.92 Å². The predicted molar refractivity (Wildman–Crippen MR) is 75.9 cm³/mol. The van der Waals surface area contributed by atoms with Crippen molar-refractivity contribution in [3.05, 3.63) is 29.3 Å². The lowest BCUT2D eigenvalue weighted by Crippen LogP contribution is -2.46. The second-order valence-electron chi connectivity index (χ2n) is 5.72. The Labute approximate surface area is 118 Å². The van der Waals surface area contributed by atoms with Crippen molar-refractivity contribution in [2.45, 2.75) is 39.7 Å². The Hall–Kier alpha value is -2.04. The summed E-state index contributed by atoms with van der Waals surface area (Å²) in [7, 11) is 0. The molecule has 0 fully saturated rings. The molecule has 0 aliphatic heterocycles. The summed E-state index contributed by atoms with van der Waals surface area (Å²) in [5.74, 6) is -1.16. The van der Waals surface area contributed by atoms with Crippen molar-refractivity contribution in [1.82, 2.24) is 4.90 Å². The van der Waals surface area contributed by atoms with Crippen molar-refractivity contribution >= 4 is 11.9 Å². The van der Waals surface area contributed by atoms with Gasteiger partial charge in [0.1, 0.15) is 5.75 Å². The summed E-state index contributed by atoms with van der Waals surface area (Å²) in [5.41, 5.74) is 0.400. The fraction of sp³-hybridized carbons (Fsp3) is 0.467. The second-order valence-corrected chi connectivity index (χ2v) is 5.72. The van der Waals surface area contributed by atoms with Crippen LogP contribution in [0.1, 0.15) is 43.1 Å². The summed E-state index contributed by atoms with van der Waals surface area (Å²) in [6.07, 6.45) is -0.110. The third-order valence-corrected chi connectivity index (χ3v) is 3.14. The van der Waals surface area contributed by atoms with E-state index >= 15 is 0 Å². The summed E-state index contributed by atoms with van der Waals surface area (Å²) < 4.78 is 0. The van der Waals surface area contributed by atoms with Crippen molar-refractivity contribution in [2.75, 3.05) is 6.54 Å². The number of phenolic OH excluding ortho intramolecular Hbond substituents is 1. The summed E-state index contributed by atoms with van der Waals surface area (Å²) >= 11 is 0. The molecule has 5 heteroatoms. The van der Waals surface area contributed by atoms with Gasteiger partial charge in [0.2, 0.25) is 0 Å². The summed E-state index contributed by atoms with van der Waals surface area (Å²) in [5, 5.41) is 18.5. The molecule has 0 heterocycles. The van der Waals surface area contributed by atoms with Gasteiger partial charge in [-0.05, 0) is 39.8 Å². The van der Waals surface area contributed by atoms with Gasteiger partial charge in [0.05, 0.1) is 6.42 Å². The van der Waals surface area contributed by atoms with Crippen molar-refractivity contribution in [3.8, 4) is 5.75 Å². The van der Waals surface area contributed by atoms with E-state index in [4.69, 9.17) is 5.11 Å². The lowest BCUT2D eigenvalue weighted by molar-refractivity contribution is -0.137. The third kappa shape index (κ3) is 3.73. The molecule has 0 radical (unpaired) electrons. The van der Waals surface area contributed by atoms with Gasteiger partial charge < -0.3 is 15.1 Å². The number of aliphatic carboxylic acids is 1. The molecule has 1 aromatic rings. The standard InChI is InChI=1S/C15H21NO4/c1-10-11(6-5-7-12(10)17)14(20)16(15(2,3)4)9-8-13(18)19/h5-7,17H,8-9H2,1-4H3,(H,18,19). The minimum absolute atomic E-state index is 0.0583. The van der Waals surface area contributed by atoms with Gasteiger partial charge in [0.25, 0.3) is 5.91 Å². The molecule has 0 aliphatic carbocycles. The molecule has 0 saturated heterocycles. The number of carbonyl (C=O) groups excluding carboxylic acids is 1. The highest BCUT2D eigenvalue weighted by Crippen LogP contribution is 2.24. The van der Waals surface area contributed by atoms with Crippen LogP contribution in [-0.4, -0.2) is 39.1 Å². The first-order valence-electron chi connectivity index (χ1n) is 6.47. The van der Waals surface area contributed by atoms with E-state index in [-0.39, 0.29) is 24.6 Å². The molecule has 0 bridgehead atoms. The van der Waals surface area contributed by atoms with E-state index in [0.717, 1.165) is 0 Å². The van der Waals surface area contributed by atoms with Crippen LogP contribution in [0.25, 0.3) is 0 Å². The monoisotopic (exact) mass is 279 g/mol. The summed E-state index contributed by atoms with van der Waals surface area (Å²) in [4.78, 5) is 24.8. The smallest absolute Gasteiger partial charge is 0.305 e. The molecule has 2 N–H and O–H groups in total. The Kier molecular flexibility index (Phi) is 4.76. The van der Waals surface area contributed by atoms with Crippen molar-refractivity contribution in [1.29, 1.82) is 0 Å². The van der Waals surface area contributed by atoms with Crippen molar-refractivity contribution in [2.24, 2.45) is 0 Å². The Morgan fingerprint density at radius 2 is 1.85 bits per heavy atom. The average Bonchev–Trinajstić information content (AvgIpc) is 2.30. The molecule has 0 aromatic heterocycles.